The molecular weight excluding hydrogens is 348 g/mol. The summed E-state index contributed by atoms with van der Waals surface area (Å²) in [5, 5.41) is 6.05. The lowest BCUT2D eigenvalue weighted by atomic mass is 9.86. The number of benzene rings is 1. The van der Waals surface area contributed by atoms with Crippen LogP contribution in [0.2, 0.25) is 0 Å². The molecule has 1 fully saturated rings. The van der Waals surface area contributed by atoms with Crippen LogP contribution in [0.25, 0.3) is 0 Å². The van der Waals surface area contributed by atoms with E-state index in [2.05, 4.69) is 86.2 Å². The number of likely N-dealkylation sites (N-methyl/N-ethyl adjacent to an activating group) is 1. The summed E-state index contributed by atoms with van der Waals surface area (Å²) in [6, 6.07) is 8.64. The zero-order valence-electron chi connectivity index (χ0n) is 18.8. The average molecular weight is 389 g/mol. The van der Waals surface area contributed by atoms with Crippen molar-refractivity contribution in [2.24, 2.45) is 0 Å². The highest BCUT2D eigenvalue weighted by Crippen LogP contribution is 2.22. The van der Waals surface area contributed by atoms with Crippen LogP contribution in [0.3, 0.4) is 0 Å². The van der Waals surface area contributed by atoms with Gasteiger partial charge in [-0.2, -0.15) is 0 Å². The van der Waals surface area contributed by atoms with Crippen molar-refractivity contribution in [3.05, 3.63) is 35.4 Å². The number of rotatable bonds is 7. The molecule has 28 heavy (non-hydrogen) atoms. The first-order valence-corrected chi connectivity index (χ1v) is 10.7. The first-order valence-electron chi connectivity index (χ1n) is 10.7. The zero-order valence-corrected chi connectivity index (χ0v) is 18.8. The van der Waals surface area contributed by atoms with Gasteiger partial charge >= 0.3 is 6.03 Å². The third kappa shape index (κ3) is 6.78. The Labute approximate surface area is 171 Å². The Bertz CT molecular complexity index is 610. The molecule has 158 valence electrons. The molecule has 0 atom stereocenters. The Hall–Kier alpha value is -1.59. The maximum atomic E-state index is 12.2. The Kier molecular flexibility index (Phi) is 7.90. The van der Waals surface area contributed by atoms with Gasteiger partial charge in [0.2, 0.25) is 0 Å². The number of carbonyl (C=O) groups is 1. The SMILES string of the molecule is CCN1CCN(C(C)(C)CNC(=O)NCCc2ccc(C(C)(C)C)cc2)CC1. The van der Waals surface area contributed by atoms with Gasteiger partial charge in [-0.1, -0.05) is 52.0 Å². The van der Waals surface area contributed by atoms with Gasteiger partial charge in [-0.25, -0.2) is 4.79 Å². The smallest absolute Gasteiger partial charge is 0.314 e. The number of hydrogen-bond donors (Lipinski definition) is 2. The molecule has 5 heteroatoms. The van der Waals surface area contributed by atoms with Gasteiger partial charge < -0.3 is 15.5 Å². The van der Waals surface area contributed by atoms with Crippen molar-refractivity contribution < 1.29 is 4.79 Å². The molecule has 1 saturated heterocycles. The van der Waals surface area contributed by atoms with Crippen molar-refractivity contribution in [1.29, 1.82) is 0 Å². The van der Waals surface area contributed by atoms with Crippen LogP contribution in [0.1, 0.15) is 52.7 Å². The average Bonchev–Trinajstić information content (AvgIpc) is 2.66. The summed E-state index contributed by atoms with van der Waals surface area (Å²) in [4.78, 5) is 17.2. The Morgan fingerprint density at radius 3 is 2.11 bits per heavy atom. The topological polar surface area (TPSA) is 47.6 Å². The Morgan fingerprint density at radius 2 is 1.57 bits per heavy atom. The highest BCUT2D eigenvalue weighted by molar-refractivity contribution is 5.73. The van der Waals surface area contributed by atoms with E-state index in [9.17, 15) is 4.79 Å². The Balaban J connectivity index is 1.69. The fourth-order valence-corrected chi connectivity index (χ4v) is 3.63. The van der Waals surface area contributed by atoms with Crippen LogP contribution in [0.4, 0.5) is 4.79 Å². The summed E-state index contributed by atoms with van der Waals surface area (Å²) in [5.74, 6) is 0. The van der Waals surface area contributed by atoms with Crippen LogP contribution < -0.4 is 10.6 Å². The molecule has 2 N–H and O–H groups in total. The normalized spacial score (nSPS) is 16.8. The molecular formula is C23H40N4O. The van der Waals surface area contributed by atoms with Crippen molar-refractivity contribution in [2.45, 2.75) is 58.9 Å². The quantitative estimate of drug-likeness (QED) is 0.754. The summed E-state index contributed by atoms with van der Waals surface area (Å²) in [5.41, 5.74) is 2.73. The largest absolute Gasteiger partial charge is 0.338 e. The molecule has 0 aromatic heterocycles. The third-order valence-electron chi connectivity index (χ3n) is 5.88. The second-order valence-electron chi connectivity index (χ2n) is 9.54. The summed E-state index contributed by atoms with van der Waals surface area (Å²) < 4.78 is 0. The van der Waals surface area contributed by atoms with Gasteiger partial charge in [0, 0.05) is 44.8 Å². The highest BCUT2D eigenvalue weighted by atomic mass is 16.2. The van der Waals surface area contributed by atoms with E-state index in [0.29, 0.717) is 13.1 Å². The van der Waals surface area contributed by atoms with Crippen molar-refractivity contribution in [1.82, 2.24) is 20.4 Å². The second-order valence-corrected chi connectivity index (χ2v) is 9.54. The van der Waals surface area contributed by atoms with Crippen LogP contribution in [-0.4, -0.2) is 67.2 Å². The van der Waals surface area contributed by atoms with Crippen LogP contribution in [0.15, 0.2) is 24.3 Å². The molecule has 0 aliphatic carbocycles. The second kappa shape index (κ2) is 9.75. The van der Waals surface area contributed by atoms with E-state index in [1.807, 2.05) is 0 Å². The van der Waals surface area contributed by atoms with Gasteiger partial charge in [0.25, 0.3) is 0 Å². The van der Waals surface area contributed by atoms with E-state index in [1.165, 1.54) is 11.1 Å². The van der Waals surface area contributed by atoms with Gasteiger partial charge in [-0.05, 0) is 43.4 Å². The van der Waals surface area contributed by atoms with E-state index in [1.54, 1.807) is 0 Å². The predicted molar refractivity (Wildman–Crippen MR) is 118 cm³/mol. The number of piperazine rings is 1. The van der Waals surface area contributed by atoms with Gasteiger partial charge in [0.1, 0.15) is 0 Å². The van der Waals surface area contributed by atoms with Gasteiger partial charge in [-0.15, -0.1) is 0 Å². The zero-order chi connectivity index (χ0) is 20.8. The predicted octanol–water partition coefficient (Wildman–Crippen LogP) is 3.24. The number of carbonyl (C=O) groups excluding carboxylic acids is 1. The molecule has 0 spiro atoms. The number of nitrogens with one attached hydrogen (secondary N) is 2. The minimum absolute atomic E-state index is 0.0278. The summed E-state index contributed by atoms with van der Waals surface area (Å²) in [6.07, 6.45) is 0.847. The van der Waals surface area contributed by atoms with Crippen LogP contribution in [-0.2, 0) is 11.8 Å². The molecule has 0 unspecified atom stereocenters. The number of urea groups is 1. The molecule has 1 heterocycles. The van der Waals surface area contributed by atoms with Crippen molar-refractivity contribution in [3.63, 3.8) is 0 Å². The van der Waals surface area contributed by atoms with E-state index < -0.39 is 0 Å². The van der Waals surface area contributed by atoms with Gasteiger partial charge in [-0.3, -0.25) is 4.90 Å². The van der Waals surface area contributed by atoms with E-state index >= 15 is 0 Å². The van der Waals surface area contributed by atoms with Crippen LogP contribution in [0, 0.1) is 0 Å². The van der Waals surface area contributed by atoms with Crippen molar-refractivity contribution in [3.8, 4) is 0 Å². The van der Waals surface area contributed by atoms with Crippen LogP contribution >= 0.6 is 0 Å². The van der Waals surface area contributed by atoms with Crippen LogP contribution in [0.5, 0.6) is 0 Å². The van der Waals surface area contributed by atoms with E-state index in [4.69, 9.17) is 0 Å². The minimum Gasteiger partial charge on any atom is -0.338 e. The van der Waals surface area contributed by atoms with Gasteiger partial charge in [0.05, 0.1) is 0 Å². The molecule has 5 nitrogen and oxygen atoms in total. The summed E-state index contributed by atoms with van der Waals surface area (Å²) in [6.45, 7) is 20.1. The lowest BCUT2D eigenvalue weighted by Gasteiger charge is -2.44. The summed E-state index contributed by atoms with van der Waals surface area (Å²) >= 11 is 0. The lowest BCUT2D eigenvalue weighted by molar-refractivity contribution is 0.0555. The highest BCUT2D eigenvalue weighted by Gasteiger charge is 2.29. The summed E-state index contributed by atoms with van der Waals surface area (Å²) in [7, 11) is 0. The monoisotopic (exact) mass is 388 g/mol. The molecule has 0 saturated carbocycles. The maximum Gasteiger partial charge on any atom is 0.314 e. The fourth-order valence-electron chi connectivity index (χ4n) is 3.63. The molecule has 1 aliphatic rings. The van der Waals surface area contributed by atoms with Crippen molar-refractivity contribution >= 4 is 6.03 Å². The Morgan fingerprint density at radius 1 is 0.964 bits per heavy atom. The maximum absolute atomic E-state index is 12.2. The van der Waals surface area contributed by atoms with E-state index in [0.717, 1.165) is 39.1 Å². The molecule has 1 aromatic carbocycles. The fraction of sp³-hybridized carbons (Fsp3) is 0.696. The van der Waals surface area contributed by atoms with E-state index in [-0.39, 0.29) is 17.0 Å². The molecule has 1 aliphatic heterocycles. The minimum atomic E-state index is -0.0772. The van der Waals surface area contributed by atoms with Crippen molar-refractivity contribution in [2.75, 3.05) is 45.8 Å². The molecule has 2 rings (SSSR count). The first kappa shape index (κ1) is 22.7. The number of nitrogens with zero attached hydrogens (tertiary/aromatic N) is 2. The molecule has 1 aromatic rings. The third-order valence-corrected chi connectivity index (χ3v) is 5.88. The molecule has 2 amide bonds. The number of hydrogen-bond acceptors (Lipinski definition) is 3. The number of amides is 2. The molecule has 0 radical (unpaired) electrons. The standard InChI is InChI=1S/C23H40N4O/c1-7-26-14-16-27(17-15-26)23(5,6)18-25-21(28)24-13-12-19-8-10-20(11-9-19)22(2,3)4/h8-11H,7,12-18H2,1-6H3,(H2,24,25,28). The first-order chi connectivity index (χ1) is 13.1. The lowest BCUT2D eigenvalue weighted by Crippen LogP contribution is -2.59. The molecule has 0 bridgehead atoms. The van der Waals surface area contributed by atoms with Gasteiger partial charge in [0.15, 0.2) is 0 Å².